The molecule has 6 atom stereocenters. The summed E-state index contributed by atoms with van der Waals surface area (Å²) >= 11 is 0. The molecule has 0 bridgehead atoms. The molecule has 2 fully saturated rings. The zero-order valence-electron chi connectivity index (χ0n) is 32.0. The van der Waals surface area contributed by atoms with Crippen molar-refractivity contribution in [1.29, 1.82) is 0 Å². The molecule has 3 aromatic rings. The Morgan fingerprint density at radius 2 is 1.04 bits per heavy atom. The van der Waals surface area contributed by atoms with E-state index >= 15 is 0 Å². The van der Waals surface area contributed by atoms with Crippen molar-refractivity contribution >= 4 is 24.0 Å². The van der Waals surface area contributed by atoms with E-state index in [-0.39, 0.29) is 47.6 Å². The third-order valence-electron chi connectivity index (χ3n) is 10.4. The maximum atomic E-state index is 13.9. The van der Waals surface area contributed by atoms with Gasteiger partial charge in [-0.05, 0) is 47.6 Å². The van der Waals surface area contributed by atoms with Crippen molar-refractivity contribution < 1.29 is 28.7 Å². The molecule has 1 aromatic carbocycles. The fourth-order valence-electron chi connectivity index (χ4n) is 7.88. The van der Waals surface area contributed by atoms with Gasteiger partial charge in [-0.15, -0.1) is 0 Å². The summed E-state index contributed by atoms with van der Waals surface area (Å²) < 4.78 is 9.83. The van der Waals surface area contributed by atoms with Crippen LogP contribution in [0.3, 0.4) is 0 Å². The zero-order chi connectivity index (χ0) is 38.0. The predicted octanol–water partition coefficient (Wildman–Crippen LogP) is 5.73. The molecule has 0 aliphatic carbocycles. The Kier molecular flexibility index (Phi) is 11.6. The van der Waals surface area contributed by atoms with Crippen LogP contribution in [0.2, 0.25) is 0 Å². The highest BCUT2D eigenvalue weighted by Gasteiger charge is 2.43. The summed E-state index contributed by atoms with van der Waals surface area (Å²) in [6.07, 6.45) is 4.01. The van der Waals surface area contributed by atoms with Crippen LogP contribution in [0.5, 0.6) is 0 Å². The van der Waals surface area contributed by atoms with Gasteiger partial charge < -0.3 is 29.2 Å². The summed E-state index contributed by atoms with van der Waals surface area (Å²) in [5, 5.41) is 0. The number of hydrogen-bond acceptors (Lipinski definition) is 8. The standard InChI is InChI=1S/C38H54N8O6/c1-21(2)31(43(7)37(49)51-9)35(47)45-19-23(5)15-29(45)33-39-17-27(41-33)25-11-13-26(14-12-25)28-18-40-34(42-28)30-16-24(6)20-46(30)36(48)32(22(3)4)44(8)38(50)52-10/h11-14,17-18,21-24,29-32H,15-16,19-20H2,1-10H3,(H,39,41)(H,40,42)/t23-,24-,29-,30-,31-,32-/m0/s1. The minimum absolute atomic E-state index is 0.106. The Balaban J connectivity index is 1.32. The van der Waals surface area contributed by atoms with Crippen molar-refractivity contribution in [2.24, 2.45) is 23.7 Å². The van der Waals surface area contributed by atoms with Gasteiger partial charge in [0.25, 0.3) is 0 Å². The Hall–Kier alpha value is -4.88. The lowest BCUT2D eigenvalue weighted by molar-refractivity contribution is -0.139. The summed E-state index contributed by atoms with van der Waals surface area (Å²) in [5.41, 5.74) is 3.54. The van der Waals surface area contributed by atoms with E-state index in [0.717, 1.165) is 35.4 Å². The van der Waals surface area contributed by atoms with Gasteiger partial charge in [-0.2, -0.15) is 0 Å². The van der Waals surface area contributed by atoms with E-state index < -0.39 is 24.3 Å². The first kappa shape index (κ1) is 38.4. The number of aromatic nitrogens is 4. The molecule has 14 heteroatoms. The monoisotopic (exact) mass is 718 g/mol. The molecule has 2 aliphatic heterocycles. The average Bonchev–Trinajstić information content (AvgIpc) is 3.93. The topological polar surface area (TPSA) is 157 Å². The first-order valence-electron chi connectivity index (χ1n) is 18.1. The van der Waals surface area contributed by atoms with Gasteiger partial charge in [0.15, 0.2) is 0 Å². The van der Waals surface area contributed by atoms with Gasteiger partial charge in [-0.1, -0.05) is 65.8 Å². The molecule has 2 aliphatic rings. The average molecular weight is 719 g/mol. The molecule has 0 saturated carbocycles. The number of carbonyl (C=O) groups excluding carboxylic acids is 4. The minimum atomic E-state index is -0.656. The predicted molar refractivity (Wildman–Crippen MR) is 196 cm³/mol. The second kappa shape index (κ2) is 15.8. The van der Waals surface area contributed by atoms with Crippen LogP contribution in [0.25, 0.3) is 22.5 Å². The fourth-order valence-corrected chi connectivity index (χ4v) is 7.88. The quantitative estimate of drug-likeness (QED) is 0.269. The van der Waals surface area contributed by atoms with Crippen molar-refractivity contribution in [3.8, 4) is 22.5 Å². The lowest BCUT2D eigenvalue weighted by Gasteiger charge is -2.34. The maximum absolute atomic E-state index is 13.9. The van der Waals surface area contributed by atoms with Crippen molar-refractivity contribution in [2.75, 3.05) is 41.4 Å². The number of nitrogens with zero attached hydrogens (tertiary/aromatic N) is 6. The number of hydrogen-bond donors (Lipinski definition) is 2. The van der Waals surface area contributed by atoms with E-state index in [1.807, 2.05) is 61.8 Å². The van der Waals surface area contributed by atoms with Gasteiger partial charge in [0.05, 0.1) is 50.1 Å². The number of aromatic amines is 2. The summed E-state index contributed by atoms with van der Waals surface area (Å²) in [6, 6.07) is 6.24. The van der Waals surface area contributed by atoms with Crippen molar-refractivity contribution in [3.05, 3.63) is 48.3 Å². The zero-order valence-corrected chi connectivity index (χ0v) is 32.0. The Morgan fingerprint density at radius 3 is 1.35 bits per heavy atom. The fraction of sp³-hybridized carbons (Fsp3) is 0.579. The van der Waals surface area contributed by atoms with Crippen LogP contribution in [0.4, 0.5) is 9.59 Å². The van der Waals surface area contributed by atoms with Crippen LogP contribution in [0, 0.1) is 23.7 Å². The second-order valence-electron chi connectivity index (χ2n) is 15.2. The normalized spacial score (nSPS) is 21.4. The lowest BCUT2D eigenvalue weighted by atomic mass is 10.0. The molecule has 2 aromatic heterocycles. The minimum Gasteiger partial charge on any atom is -0.453 e. The molecule has 52 heavy (non-hydrogen) atoms. The van der Waals surface area contributed by atoms with Gasteiger partial charge >= 0.3 is 12.2 Å². The van der Waals surface area contributed by atoms with E-state index in [1.165, 1.54) is 24.0 Å². The number of benzene rings is 1. The number of imidazole rings is 2. The van der Waals surface area contributed by atoms with Gasteiger partial charge in [0.2, 0.25) is 11.8 Å². The van der Waals surface area contributed by atoms with E-state index in [1.54, 1.807) is 26.5 Å². The van der Waals surface area contributed by atoms with E-state index in [9.17, 15) is 19.2 Å². The number of amides is 4. The Labute approximate surface area is 306 Å². The number of likely N-dealkylation sites (tertiary alicyclic amines) is 2. The van der Waals surface area contributed by atoms with Crippen LogP contribution >= 0.6 is 0 Å². The molecule has 4 heterocycles. The highest BCUT2D eigenvalue weighted by Crippen LogP contribution is 2.38. The third kappa shape index (κ3) is 7.65. The van der Waals surface area contributed by atoms with Crippen molar-refractivity contribution in [2.45, 2.75) is 78.6 Å². The lowest BCUT2D eigenvalue weighted by Crippen LogP contribution is -2.52. The number of nitrogens with one attached hydrogen (secondary N) is 2. The van der Waals surface area contributed by atoms with E-state index in [4.69, 9.17) is 19.4 Å². The molecule has 2 N–H and O–H groups in total. The smallest absolute Gasteiger partial charge is 0.409 e. The van der Waals surface area contributed by atoms with Gasteiger partial charge in [0, 0.05) is 27.2 Å². The molecule has 0 spiro atoms. The number of ether oxygens (including phenoxy) is 2. The molecule has 0 radical (unpaired) electrons. The molecule has 5 rings (SSSR count). The summed E-state index contributed by atoms with van der Waals surface area (Å²) in [6.45, 7) is 13.1. The Bertz CT molecular complexity index is 1610. The number of methoxy groups -OCH3 is 2. The molecule has 282 valence electrons. The van der Waals surface area contributed by atoms with Crippen LogP contribution in [-0.2, 0) is 19.1 Å². The van der Waals surface area contributed by atoms with Crippen LogP contribution in [0.1, 0.15) is 78.1 Å². The molecule has 2 saturated heterocycles. The number of rotatable bonds is 10. The first-order chi connectivity index (χ1) is 24.7. The maximum Gasteiger partial charge on any atom is 0.409 e. The molecule has 4 amide bonds. The highest BCUT2D eigenvalue weighted by atomic mass is 16.5. The van der Waals surface area contributed by atoms with Crippen molar-refractivity contribution in [3.63, 3.8) is 0 Å². The van der Waals surface area contributed by atoms with Crippen molar-refractivity contribution in [1.82, 2.24) is 39.5 Å². The Morgan fingerprint density at radius 1 is 0.692 bits per heavy atom. The highest BCUT2D eigenvalue weighted by molar-refractivity contribution is 5.87. The summed E-state index contributed by atoms with van der Waals surface area (Å²) in [7, 11) is 5.83. The SMILES string of the molecule is COC(=O)N(C)[C@H](C(=O)N1C[C@@H](C)C[C@H]1c1ncc(-c2ccc(-c3cnc([C@@H]4C[C@H](C)CN4C(=O)[C@H](C(C)C)N(C)C(=O)OC)[nH]3)cc2)[nH]1)C(C)C. The molecular formula is C38H54N8O6. The van der Waals surface area contributed by atoms with Gasteiger partial charge in [-0.25, -0.2) is 19.6 Å². The van der Waals surface area contributed by atoms with Crippen LogP contribution < -0.4 is 0 Å². The molecule has 0 unspecified atom stereocenters. The van der Waals surface area contributed by atoms with Crippen LogP contribution in [-0.4, -0.2) is 117 Å². The van der Waals surface area contributed by atoms with E-state index in [0.29, 0.717) is 24.7 Å². The number of H-pyrrole nitrogens is 2. The second-order valence-corrected chi connectivity index (χ2v) is 15.2. The molecule has 14 nitrogen and oxygen atoms in total. The first-order valence-corrected chi connectivity index (χ1v) is 18.1. The number of carbonyl (C=O) groups is 4. The van der Waals surface area contributed by atoms with E-state index in [2.05, 4.69) is 23.8 Å². The third-order valence-corrected chi connectivity index (χ3v) is 10.4. The largest absolute Gasteiger partial charge is 0.453 e. The number of likely N-dealkylation sites (N-methyl/N-ethyl adjacent to an activating group) is 2. The van der Waals surface area contributed by atoms with Gasteiger partial charge in [-0.3, -0.25) is 19.4 Å². The van der Waals surface area contributed by atoms with Crippen LogP contribution in [0.15, 0.2) is 36.7 Å². The van der Waals surface area contributed by atoms with Gasteiger partial charge in [0.1, 0.15) is 23.7 Å². The summed E-state index contributed by atoms with van der Waals surface area (Å²) in [4.78, 5) is 75.3. The summed E-state index contributed by atoms with van der Waals surface area (Å²) in [5.74, 6) is 1.51. The molecular weight excluding hydrogens is 664 g/mol.